The van der Waals surface area contributed by atoms with Gasteiger partial charge in [0.05, 0.1) is 26.8 Å². The van der Waals surface area contributed by atoms with Gasteiger partial charge in [-0.05, 0) is 23.8 Å². The number of Topliss-reactive ketones (excluding diaryl/α,β-unsaturated/α-hetero) is 1. The van der Waals surface area contributed by atoms with Gasteiger partial charge in [-0.2, -0.15) is 0 Å². The SMILES string of the molecule is COc1cccc(C2C(=C([O-])c3ccc4c(c3)OCCO4)C(=O)C(=O)N2CCC[n+]2cc[nH]c2)c1OC. The summed E-state index contributed by atoms with van der Waals surface area (Å²) >= 11 is 0. The Morgan fingerprint density at radius 2 is 1.95 bits per heavy atom. The molecule has 0 saturated carbocycles. The Labute approximate surface area is 213 Å². The van der Waals surface area contributed by atoms with Crippen molar-refractivity contribution in [1.82, 2.24) is 9.88 Å². The quantitative estimate of drug-likeness (QED) is 0.213. The van der Waals surface area contributed by atoms with Crippen LogP contribution in [-0.4, -0.2) is 55.6 Å². The molecule has 37 heavy (non-hydrogen) atoms. The van der Waals surface area contributed by atoms with Crippen LogP contribution in [-0.2, 0) is 16.1 Å². The maximum absolute atomic E-state index is 13.8. The number of rotatable bonds is 8. The van der Waals surface area contributed by atoms with E-state index in [0.29, 0.717) is 54.7 Å². The molecule has 3 heterocycles. The predicted molar refractivity (Wildman–Crippen MR) is 129 cm³/mol. The van der Waals surface area contributed by atoms with Crippen molar-refractivity contribution in [1.29, 1.82) is 0 Å². The summed E-state index contributed by atoms with van der Waals surface area (Å²) in [7, 11) is 2.98. The van der Waals surface area contributed by atoms with Crippen molar-refractivity contribution in [2.45, 2.75) is 19.0 Å². The zero-order valence-corrected chi connectivity index (χ0v) is 20.6. The van der Waals surface area contributed by atoms with E-state index in [1.165, 1.54) is 19.1 Å². The number of nitrogens with one attached hydrogen (secondary N) is 1. The van der Waals surface area contributed by atoms with Crippen molar-refractivity contribution in [3.63, 3.8) is 0 Å². The second-order valence-electron chi connectivity index (χ2n) is 8.62. The number of nitrogens with zero attached hydrogens (tertiary/aromatic N) is 2. The first-order valence-electron chi connectivity index (χ1n) is 11.9. The summed E-state index contributed by atoms with van der Waals surface area (Å²) in [5.41, 5.74) is 0.593. The van der Waals surface area contributed by atoms with Crippen LogP contribution in [0.2, 0.25) is 0 Å². The summed E-state index contributed by atoms with van der Waals surface area (Å²) in [6.45, 7) is 1.65. The summed E-state index contributed by atoms with van der Waals surface area (Å²) in [5.74, 6) is -0.371. The van der Waals surface area contributed by atoms with Gasteiger partial charge in [-0.3, -0.25) is 14.6 Å². The molecule has 1 unspecified atom stereocenters. The van der Waals surface area contributed by atoms with Crippen LogP contribution in [0, 0.1) is 0 Å². The van der Waals surface area contributed by atoms with E-state index in [9.17, 15) is 14.7 Å². The van der Waals surface area contributed by atoms with E-state index >= 15 is 0 Å². The van der Waals surface area contributed by atoms with Crippen LogP contribution < -0.4 is 28.6 Å². The second kappa shape index (κ2) is 10.3. The van der Waals surface area contributed by atoms with Crippen LogP contribution in [0.5, 0.6) is 23.0 Å². The molecule has 0 bridgehead atoms. The maximum Gasteiger partial charge on any atom is 0.295 e. The Hall–Kier alpha value is -4.47. The Morgan fingerprint density at radius 1 is 1.14 bits per heavy atom. The molecule has 1 N–H and O–H groups in total. The number of methoxy groups -OCH3 is 2. The number of benzene rings is 2. The molecule has 192 valence electrons. The highest BCUT2D eigenvalue weighted by Crippen LogP contribution is 2.45. The lowest BCUT2D eigenvalue weighted by atomic mass is 9.94. The minimum absolute atomic E-state index is 0.137. The molecular weight excluding hydrogens is 478 g/mol. The number of fused-ring (bicyclic) bond motifs is 1. The summed E-state index contributed by atoms with van der Waals surface area (Å²) in [5, 5.41) is 13.8. The average Bonchev–Trinajstić information content (AvgIpc) is 3.54. The van der Waals surface area contributed by atoms with Gasteiger partial charge < -0.3 is 29.0 Å². The number of likely N-dealkylation sites (tertiary alicyclic amines) is 1. The number of hydrogen-bond donors (Lipinski definition) is 1. The molecule has 1 aromatic heterocycles. The van der Waals surface area contributed by atoms with E-state index in [-0.39, 0.29) is 17.7 Å². The average molecular weight is 506 g/mol. The number of amides is 1. The van der Waals surface area contributed by atoms with E-state index in [1.54, 1.807) is 42.6 Å². The molecule has 1 saturated heterocycles. The molecule has 0 radical (unpaired) electrons. The van der Waals surface area contributed by atoms with Crippen LogP contribution in [0.1, 0.15) is 23.6 Å². The number of carbonyl (C=O) groups is 2. The lowest BCUT2D eigenvalue weighted by Crippen LogP contribution is -2.36. The van der Waals surface area contributed by atoms with E-state index < -0.39 is 23.5 Å². The first kappa shape index (κ1) is 24.2. The summed E-state index contributed by atoms with van der Waals surface area (Å²) in [4.78, 5) is 31.1. The Morgan fingerprint density at radius 3 is 2.68 bits per heavy atom. The van der Waals surface area contributed by atoms with E-state index in [1.807, 2.05) is 17.1 Å². The standard InChI is InChI=1S/C27H27N3O7/c1-34-20-6-3-5-18(26(20)35-2)23-22(24(31)17-7-8-19-21(15-17)37-14-13-36-19)25(32)27(33)30(23)11-4-10-29-12-9-28-16-29/h3,5-9,12,15-16,23H,4,10-11,13-14H2,1-2H3,(H,31,32). The number of hydrogen-bond acceptors (Lipinski definition) is 7. The number of carbonyl (C=O) groups excluding carboxylic acids is 2. The number of imidazole rings is 1. The maximum atomic E-state index is 13.8. The largest absolute Gasteiger partial charge is 0.872 e. The van der Waals surface area contributed by atoms with Crippen molar-refractivity contribution >= 4 is 17.4 Å². The van der Waals surface area contributed by atoms with Crippen LogP contribution >= 0.6 is 0 Å². The number of ether oxygens (including phenoxy) is 4. The molecule has 0 aliphatic carbocycles. The molecule has 1 fully saturated rings. The molecule has 2 aliphatic rings. The Bertz CT molecular complexity index is 1350. The smallest absolute Gasteiger partial charge is 0.295 e. The molecule has 2 aromatic carbocycles. The number of para-hydroxylation sites is 1. The van der Waals surface area contributed by atoms with Crippen molar-refractivity contribution in [2.75, 3.05) is 34.0 Å². The zero-order valence-electron chi connectivity index (χ0n) is 20.6. The summed E-state index contributed by atoms with van der Waals surface area (Å²) < 4.78 is 24.2. The fourth-order valence-electron chi connectivity index (χ4n) is 4.77. The molecule has 3 aromatic rings. The number of aromatic nitrogens is 2. The van der Waals surface area contributed by atoms with E-state index in [2.05, 4.69) is 4.98 Å². The summed E-state index contributed by atoms with van der Waals surface area (Å²) in [6.07, 6.45) is 6.05. The third-order valence-corrected chi connectivity index (χ3v) is 6.48. The van der Waals surface area contributed by atoms with E-state index in [4.69, 9.17) is 18.9 Å². The van der Waals surface area contributed by atoms with Crippen molar-refractivity contribution in [2.24, 2.45) is 0 Å². The highest BCUT2D eigenvalue weighted by atomic mass is 16.6. The van der Waals surface area contributed by atoms with Gasteiger partial charge in [0.25, 0.3) is 5.91 Å². The number of H-pyrrole nitrogens is 1. The minimum Gasteiger partial charge on any atom is -0.872 e. The first-order valence-corrected chi connectivity index (χ1v) is 11.9. The van der Waals surface area contributed by atoms with Crippen LogP contribution in [0.4, 0.5) is 0 Å². The van der Waals surface area contributed by atoms with Crippen molar-refractivity contribution in [3.05, 3.63) is 71.8 Å². The van der Waals surface area contributed by atoms with Gasteiger partial charge in [0.2, 0.25) is 12.1 Å². The van der Waals surface area contributed by atoms with Crippen molar-refractivity contribution < 1.29 is 38.2 Å². The molecule has 0 spiro atoms. The molecular formula is C27H27N3O7. The molecule has 5 rings (SSSR count). The van der Waals surface area contributed by atoms with Crippen LogP contribution in [0.15, 0.2) is 60.7 Å². The number of aryl methyl sites for hydroxylation is 1. The lowest BCUT2D eigenvalue weighted by molar-refractivity contribution is -0.695. The lowest BCUT2D eigenvalue weighted by Gasteiger charge is -2.29. The Kier molecular flexibility index (Phi) is 6.72. The van der Waals surface area contributed by atoms with Crippen LogP contribution in [0.3, 0.4) is 0 Å². The van der Waals surface area contributed by atoms with Gasteiger partial charge in [-0.25, -0.2) is 4.57 Å². The van der Waals surface area contributed by atoms with Crippen LogP contribution in [0.25, 0.3) is 5.76 Å². The molecule has 10 nitrogen and oxygen atoms in total. The van der Waals surface area contributed by atoms with Gasteiger partial charge in [0.1, 0.15) is 25.6 Å². The van der Waals surface area contributed by atoms with Gasteiger partial charge in [-0.1, -0.05) is 24.0 Å². The highest BCUT2D eigenvalue weighted by molar-refractivity contribution is 6.46. The monoisotopic (exact) mass is 505 g/mol. The van der Waals surface area contributed by atoms with Gasteiger partial charge in [0, 0.05) is 24.1 Å². The summed E-state index contributed by atoms with van der Waals surface area (Å²) in [6, 6.07) is 9.01. The second-order valence-corrected chi connectivity index (χ2v) is 8.62. The fourth-order valence-corrected chi connectivity index (χ4v) is 4.77. The number of aromatic amines is 1. The number of ketones is 1. The molecule has 1 amide bonds. The first-order chi connectivity index (χ1) is 18.0. The molecule has 10 heteroatoms. The van der Waals surface area contributed by atoms with Gasteiger partial charge in [0.15, 0.2) is 23.0 Å². The molecule has 2 aliphatic heterocycles. The topological polar surface area (TPSA) is 117 Å². The van der Waals surface area contributed by atoms with Gasteiger partial charge >= 0.3 is 0 Å². The van der Waals surface area contributed by atoms with Crippen molar-refractivity contribution in [3.8, 4) is 23.0 Å². The highest BCUT2D eigenvalue weighted by Gasteiger charge is 2.45. The van der Waals surface area contributed by atoms with Gasteiger partial charge in [-0.15, -0.1) is 0 Å². The third-order valence-electron chi connectivity index (χ3n) is 6.48. The molecule has 1 atom stereocenters. The predicted octanol–water partition coefficient (Wildman–Crippen LogP) is 1.40. The normalized spacial score (nSPS) is 18.2. The zero-order chi connectivity index (χ0) is 25.9. The third kappa shape index (κ3) is 4.46. The van der Waals surface area contributed by atoms with E-state index in [0.717, 1.165) is 0 Å². The fraction of sp³-hybridized carbons (Fsp3) is 0.296. The minimum atomic E-state index is -0.943. The Balaban J connectivity index is 1.60.